The Hall–Kier alpha value is -6.27. The van der Waals surface area contributed by atoms with Crippen LogP contribution < -0.4 is 14.2 Å². The van der Waals surface area contributed by atoms with Crippen LogP contribution in [0.2, 0.25) is 0 Å². The molecule has 68 heavy (non-hydrogen) atoms. The standard InChI is InChI=1S/C51H58N4O12S/c1-4-26-53(50(58)66-39-18-16-37(17-19-39)55(61)62)47-32-45(52-64-33-34-12-14-36(15-13-34)54(59)60)43-30-35(10-6-8-27-56)42(11-7-9-28-57)48-44-31-40(65-38-20-23-41(68-3)24-21-38)22-25-46(44)67-51(47,49(43)48)63-29-5-2/h5,12-25,30-31,35,42,47-49,56-57H,2,4,6-11,26-29,32-33H2,1,3H3. The number of nitrogens with zero attached hydrogens (tertiary/aromatic N) is 4. The average molecular weight is 951 g/mol. The topological polar surface area (TPSA) is 206 Å². The van der Waals surface area contributed by atoms with Gasteiger partial charge in [0.25, 0.3) is 11.4 Å². The van der Waals surface area contributed by atoms with Crippen LogP contribution >= 0.6 is 11.8 Å². The number of hydrogen-bond donors (Lipinski definition) is 2. The normalized spacial score (nSPS) is 21.9. The second-order valence-corrected chi connectivity index (χ2v) is 17.9. The fourth-order valence-electron chi connectivity index (χ4n) is 9.80. The van der Waals surface area contributed by atoms with Crippen LogP contribution in [0.1, 0.15) is 75.3 Å². The van der Waals surface area contributed by atoms with Gasteiger partial charge in [0.2, 0.25) is 5.79 Å². The van der Waals surface area contributed by atoms with Crippen molar-refractivity contribution in [1.82, 2.24) is 4.90 Å². The number of ether oxygens (including phenoxy) is 4. The number of thioether (sulfide) groups is 1. The molecule has 1 aliphatic heterocycles. The Balaban J connectivity index is 1.41. The molecule has 1 saturated carbocycles. The average Bonchev–Trinajstić information content (AvgIpc) is 3.34. The third kappa shape index (κ3) is 11.2. The second kappa shape index (κ2) is 23.2. The first kappa shape index (κ1) is 49.6. The third-order valence-electron chi connectivity index (χ3n) is 12.8. The highest BCUT2D eigenvalue weighted by Gasteiger charge is 2.65. The summed E-state index contributed by atoms with van der Waals surface area (Å²) in [4.78, 5) is 45.4. The summed E-state index contributed by atoms with van der Waals surface area (Å²) in [5.74, 6) is -0.693. The Labute approximate surface area is 399 Å². The lowest BCUT2D eigenvalue weighted by Gasteiger charge is -2.59. The molecule has 16 nitrogen and oxygen atoms in total. The van der Waals surface area contributed by atoms with Crippen molar-refractivity contribution in [3.63, 3.8) is 0 Å². The van der Waals surface area contributed by atoms with E-state index >= 15 is 0 Å². The predicted octanol–water partition coefficient (Wildman–Crippen LogP) is 10.8. The Morgan fingerprint density at radius 2 is 1.56 bits per heavy atom. The molecule has 6 unspecified atom stereocenters. The maximum Gasteiger partial charge on any atom is 0.415 e. The SMILES string of the molecule is C=CCOC12Oc3ccc(Oc4ccc(SC)cc4)cc3C3C(CCCCO)C(CCCCO)C=C(C(=NOCc4ccc([N+](=O)[O-])cc4)CC1N(CCC)C(=O)Oc1ccc([N+](=O)[O-])cc1)C32. The molecule has 360 valence electrons. The van der Waals surface area contributed by atoms with E-state index in [2.05, 4.69) is 12.7 Å². The van der Waals surface area contributed by atoms with Crippen LogP contribution in [0, 0.1) is 38.0 Å². The number of aliphatic hydroxyl groups is 2. The molecule has 4 aromatic carbocycles. The summed E-state index contributed by atoms with van der Waals surface area (Å²) in [7, 11) is 0. The zero-order valence-corrected chi connectivity index (χ0v) is 39.1. The highest BCUT2D eigenvalue weighted by atomic mass is 32.2. The summed E-state index contributed by atoms with van der Waals surface area (Å²) < 4.78 is 26.9. The third-order valence-corrected chi connectivity index (χ3v) is 13.6. The molecule has 4 aromatic rings. The number of hydrogen-bond acceptors (Lipinski definition) is 14. The molecule has 2 aliphatic carbocycles. The fourth-order valence-corrected chi connectivity index (χ4v) is 10.2. The molecule has 6 atom stereocenters. The number of allylic oxidation sites excluding steroid dienone is 1. The van der Waals surface area contributed by atoms with Crippen molar-refractivity contribution in [3.05, 3.63) is 147 Å². The largest absolute Gasteiger partial charge is 0.459 e. The van der Waals surface area contributed by atoms with Gasteiger partial charge in [-0.05, 0) is 128 Å². The van der Waals surface area contributed by atoms with Crippen molar-refractivity contribution in [2.75, 3.05) is 32.6 Å². The van der Waals surface area contributed by atoms with Crippen molar-refractivity contribution in [2.45, 2.75) is 87.5 Å². The lowest BCUT2D eigenvalue weighted by atomic mass is 9.55. The molecule has 0 bridgehead atoms. The van der Waals surface area contributed by atoms with E-state index in [-0.39, 0.29) is 74.3 Å². The molecule has 1 amide bonds. The number of aliphatic hydroxyl groups excluding tert-OH is 2. The van der Waals surface area contributed by atoms with Crippen molar-refractivity contribution >= 4 is 34.9 Å². The Morgan fingerprint density at radius 3 is 2.19 bits per heavy atom. The number of nitro benzene ring substituents is 2. The van der Waals surface area contributed by atoms with Gasteiger partial charge in [-0.3, -0.25) is 25.1 Å². The van der Waals surface area contributed by atoms with Crippen LogP contribution in [0.25, 0.3) is 0 Å². The van der Waals surface area contributed by atoms with Gasteiger partial charge in [-0.25, -0.2) is 4.79 Å². The number of amides is 1. The number of benzene rings is 4. The van der Waals surface area contributed by atoms with Gasteiger partial charge in [0.15, 0.2) is 0 Å². The van der Waals surface area contributed by atoms with Crippen LogP contribution in [0.15, 0.2) is 125 Å². The maximum atomic E-state index is 14.7. The Morgan fingerprint density at radius 1 is 0.912 bits per heavy atom. The van der Waals surface area contributed by atoms with Crippen LogP contribution in [-0.2, 0) is 16.2 Å². The van der Waals surface area contributed by atoms with E-state index in [1.807, 2.05) is 55.6 Å². The van der Waals surface area contributed by atoms with Gasteiger partial charge < -0.3 is 34.0 Å². The minimum absolute atomic E-state index is 0.00578. The van der Waals surface area contributed by atoms with E-state index in [9.17, 15) is 35.2 Å². The van der Waals surface area contributed by atoms with Gasteiger partial charge in [0, 0.05) is 66.8 Å². The van der Waals surface area contributed by atoms with E-state index in [1.54, 1.807) is 34.9 Å². The summed E-state index contributed by atoms with van der Waals surface area (Å²) in [6.07, 6.45) is 9.90. The maximum absolute atomic E-state index is 14.7. The molecule has 3 aliphatic rings. The van der Waals surface area contributed by atoms with Gasteiger partial charge in [-0.15, -0.1) is 18.3 Å². The number of carbonyl (C=O) groups excluding carboxylic acids is 1. The summed E-state index contributed by atoms with van der Waals surface area (Å²) >= 11 is 1.64. The first-order valence-electron chi connectivity index (χ1n) is 23.0. The van der Waals surface area contributed by atoms with Crippen molar-refractivity contribution < 1.29 is 48.6 Å². The Bertz CT molecular complexity index is 2450. The molecule has 1 heterocycles. The van der Waals surface area contributed by atoms with Crippen LogP contribution in [0.5, 0.6) is 23.0 Å². The van der Waals surface area contributed by atoms with E-state index < -0.39 is 33.7 Å². The number of unbranched alkanes of at least 4 members (excludes halogenated alkanes) is 2. The summed E-state index contributed by atoms with van der Waals surface area (Å²) in [5.41, 5.74) is 2.68. The highest BCUT2D eigenvalue weighted by molar-refractivity contribution is 7.98. The second-order valence-electron chi connectivity index (χ2n) is 17.1. The zero-order chi connectivity index (χ0) is 48.2. The van der Waals surface area contributed by atoms with Gasteiger partial charge in [0.05, 0.1) is 28.1 Å². The van der Waals surface area contributed by atoms with E-state index in [1.165, 1.54) is 36.4 Å². The van der Waals surface area contributed by atoms with Gasteiger partial charge in [-0.1, -0.05) is 37.1 Å². The molecule has 7 rings (SSSR count). The van der Waals surface area contributed by atoms with E-state index in [0.717, 1.165) is 41.7 Å². The fraction of sp³-hybridized carbons (Fsp3) is 0.412. The monoisotopic (exact) mass is 950 g/mol. The van der Waals surface area contributed by atoms with Crippen LogP contribution in [0.3, 0.4) is 0 Å². The van der Waals surface area contributed by atoms with Gasteiger partial charge >= 0.3 is 6.09 Å². The number of non-ortho nitro benzene ring substituents is 2. The molecular formula is C51H58N4O12S. The van der Waals surface area contributed by atoms with Crippen molar-refractivity contribution in [2.24, 2.45) is 22.9 Å². The predicted molar refractivity (Wildman–Crippen MR) is 257 cm³/mol. The van der Waals surface area contributed by atoms with Crippen LogP contribution in [0.4, 0.5) is 16.2 Å². The van der Waals surface area contributed by atoms with Gasteiger partial charge in [0.1, 0.15) is 35.6 Å². The molecule has 17 heteroatoms. The molecule has 0 radical (unpaired) electrons. The Kier molecular flexibility index (Phi) is 16.9. The highest BCUT2D eigenvalue weighted by Crippen LogP contribution is 2.62. The molecule has 2 N–H and O–H groups in total. The smallest absolute Gasteiger partial charge is 0.415 e. The van der Waals surface area contributed by atoms with Gasteiger partial charge in [-0.2, -0.15) is 0 Å². The number of carbonyl (C=O) groups is 1. The van der Waals surface area contributed by atoms with E-state index in [0.29, 0.717) is 47.8 Å². The molecule has 0 saturated heterocycles. The van der Waals surface area contributed by atoms with Crippen LogP contribution in [-0.4, -0.2) is 81.2 Å². The van der Waals surface area contributed by atoms with Crippen molar-refractivity contribution in [3.8, 4) is 23.0 Å². The lowest BCUT2D eigenvalue weighted by molar-refractivity contribution is -0.385. The first-order chi connectivity index (χ1) is 33.0. The van der Waals surface area contributed by atoms with Crippen molar-refractivity contribution in [1.29, 1.82) is 0 Å². The number of rotatable bonds is 23. The number of fused-ring (bicyclic) bond motifs is 2. The molecule has 0 spiro atoms. The lowest BCUT2D eigenvalue weighted by Crippen LogP contribution is -2.70. The minimum atomic E-state index is -1.57. The molecule has 0 aromatic heterocycles. The number of nitro groups is 2. The summed E-state index contributed by atoms with van der Waals surface area (Å²) in [6.45, 7) is 6.26. The summed E-state index contributed by atoms with van der Waals surface area (Å²) in [6, 6.07) is 24.0. The zero-order valence-electron chi connectivity index (χ0n) is 38.3. The summed E-state index contributed by atoms with van der Waals surface area (Å²) in [5, 5.41) is 47.7. The molecule has 1 fully saturated rings. The number of oxime groups is 1. The first-order valence-corrected chi connectivity index (χ1v) is 24.2. The van der Waals surface area contributed by atoms with E-state index in [4.69, 9.17) is 28.9 Å². The minimum Gasteiger partial charge on any atom is -0.459 e. The molecular weight excluding hydrogens is 893 g/mol. The quantitative estimate of drug-likeness (QED) is 0.0234.